The van der Waals surface area contributed by atoms with Gasteiger partial charge in [0, 0.05) is 58.4 Å². The van der Waals surface area contributed by atoms with Gasteiger partial charge in [-0.25, -0.2) is 0 Å². The van der Waals surface area contributed by atoms with Crippen molar-refractivity contribution < 1.29 is 4.79 Å². The lowest BCUT2D eigenvalue weighted by Crippen LogP contribution is -2.62. The van der Waals surface area contributed by atoms with Crippen LogP contribution in [0.5, 0.6) is 0 Å². The number of piperazine rings is 1. The van der Waals surface area contributed by atoms with Gasteiger partial charge >= 0.3 is 0 Å². The summed E-state index contributed by atoms with van der Waals surface area (Å²) in [4.78, 5) is 19.3. The fraction of sp³-hybridized carbons (Fsp3) is 0.933. The van der Waals surface area contributed by atoms with Crippen molar-refractivity contribution >= 4 is 5.91 Å². The van der Waals surface area contributed by atoms with Gasteiger partial charge in [0.2, 0.25) is 5.91 Å². The van der Waals surface area contributed by atoms with Gasteiger partial charge in [-0.05, 0) is 18.8 Å². The maximum absolute atomic E-state index is 12.3. The van der Waals surface area contributed by atoms with Crippen LogP contribution in [0, 0.1) is 5.92 Å². The van der Waals surface area contributed by atoms with Crippen molar-refractivity contribution in [1.29, 1.82) is 0 Å². The van der Waals surface area contributed by atoms with Crippen LogP contribution in [0.2, 0.25) is 0 Å². The Bertz CT molecular complexity index is 329. The average molecular weight is 280 g/mol. The summed E-state index contributed by atoms with van der Waals surface area (Å²) in [6.45, 7) is 11.5. The minimum atomic E-state index is 0.343. The minimum absolute atomic E-state index is 0.343. The number of nitrogens with zero attached hydrogens (tertiary/aromatic N) is 3. The molecule has 0 bridgehead atoms. The number of carbonyl (C=O) groups excluding carboxylic acids is 1. The third kappa shape index (κ3) is 3.32. The maximum atomic E-state index is 12.3. The summed E-state index contributed by atoms with van der Waals surface area (Å²) in [7, 11) is 0. The molecule has 3 fully saturated rings. The summed E-state index contributed by atoms with van der Waals surface area (Å²) in [6.07, 6.45) is 2.35. The molecule has 3 aliphatic heterocycles. The van der Waals surface area contributed by atoms with Crippen LogP contribution in [0.4, 0.5) is 0 Å². The fourth-order valence-corrected chi connectivity index (χ4v) is 3.37. The Balaban J connectivity index is 1.39. The molecule has 20 heavy (non-hydrogen) atoms. The zero-order valence-electron chi connectivity index (χ0n) is 12.7. The molecule has 0 aliphatic carbocycles. The van der Waals surface area contributed by atoms with Crippen molar-refractivity contribution in [3.8, 4) is 0 Å². The van der Waals surface area contributed by atoms with Crippen LogP contribution in [-0.4, -0.2) is 85.6 Å². The minimum Gasteiger partial charge on any atom is -0.342 e. The second-order valence-corrected chi connectivity index (χ2v) is 6.69. The average Bonchev–Trinajstić information content (AvgIpc) is 2.39. The van der Waals surface area contributed by atoms with Crippen molar-refractivity contribution in [3.05, 3.63) is 0 Å². The molecule has 1 N–H and O–H groups in total. The molecule has 0 aromatic heterocycles. The van der Waals surface area contributed by atoms with E-state index in [1.807, 2.05) is 0 Å². The first-order valence-electron chi connectivity index (χ1n) is 8.17. The predicted octanol–water partition coefficient (Wildman–Crippen LogP) is -0.166. The number of likely N-dealkylation sites (tertiary alicyclic amines) is 1. The van der Waals surface area contributed by atoms with Gasteiger partial charge in [-0.2, -0.15) is 0 Å². The monoisotopic (exact) mass is 280 g/mol. The van der Waals surface area contributed by atoms with E-state index in [1.54, 1.807) is 0 Å². The number of amides is 1. The molecule has 0 saturated carbocycles. The number of piperidine rings is 1. The molecule has 114 valence electrons. The maximum Gasteiger partial charge on any atom is 0.236 e. The van der Waals surface area contributed by atoms with Crippen molar-refractivity contribution in [2.75, 3.05) is 58.9 Å². The van der Waals surface area contributed by atoms with Gasteiger partial charge in [-0.3, -0.25) is 14.6 Å². The predicted molar refractivity (Wildman–Crippen MR) is 79.6 cm³/mol. The van der Waals surface area contributed by atoms with Gasteiger partial charge in [0.05, 0.1) is 6.54 Å². The third-order valence-electron chi connectivity index (χ3n) is 5.18. The van der Waals surface area contributed by atoms with E-state index in [2.05, 4.69) is 26.9 Å². The lowest BCUT2D eigenvalue weighted by molar-refractivity contribution is -0.134. The Morgan fingerprint density at radius 1 is 1.05 bits per heavy atom. The van der Waals surface area contributed by atoms with E-state index in [4.69, 9.17) is 0 Å². The van der Waals surface area contributed by atoms with E-state index in [-0.39, 0.29) is 0 Å². The van der Waals surface area contributed by atoms with Crippen LogP contribution >= 0.6 is 0 Å². The Morgan fingerprint density at radius 2 is 1.70 bits per heavy atom. The van der Waals surface area contributed by atoms with Gasteiger partial charge in [0.1, 0.15) is 0 Å². The quantitative estimate of drug-likeness (QED) is 0.779. The second-order valence-electron chi connectivity index (χ2n) is 6.69. The normalized spacial score (nSPS) is 27.6. The number of hydrogen-bond donors (Lipinski definition) is 1. The van der Waals surface area contributed by atoms with Crippen LogP contribution in [0.1, 0.15) is 19.8 Å². The number of hydrogen-bond acceptors (Lipinski definition) is 4. The van der Waals surface area contributed by atoms with E-state index in [1.165, 1.54) is 12.8 Å². The number of rotatable bonds is 3. The molecule has 3 rings (SSSR count). The summed E-state index contributed by atoms with van der Waals surface area (Å²) in [5, 5.41) is 3.33. The molecule has 3 aliphatic rings. The first-order valence-corrected chi connectivity index (χ1v) is 8.17. The molecule has 5 nitrogen and oxygen atoms in total. The highest BCUT2D eigenvalue weighted by Gasteiger charge is 2.29. The Kier molecular flexibility index (Phi) is 4.58. The van der Waals surface area contributed by atoms with Crippen molar-refractivity contribution in [2.45, 2.75) is 25.8 Å². The van der Waals surface area contributed by atoms with E-state index in [9.17, 15) is 4.79 Å². The Hall–Kier alpha value is -0.650. The van der Waals surface area contributed by atoms with Crippen molar-refractivity contribution in [2.24, 2.45) is 5.92 Å². The second kappa shape index (κ2) is 6.41. The van der Waals surface area contributed by atoms with Gasteiger partial charge in [-0.1, -0.05) is 6.92 Å². The molecular weight excluding hydrogens is 252 g/mol. The van der Waals surface area contributed by atoms with Crippen molar-refractivity contribution in [3.63, 3.8) is 0 Å². The molecule has 0 spiro atoms. The molecular formula is C15H28N4O. The van der Waals surface area contributed by atoms with Crippen LogP contribution in [0.25, 0.3) is 0 Å². The topological polar surface area (TPSA) is 38.8 Å². The molecule has 1 amide bonds. The Morgan fingerprint density at radius 3 is 2.25 bits per heavy atom. The number of nitrogens with one attached hydrogen (secondary N) is 1. The van der Waals surface area contributed by atoms with Crippen LogP contribution in [0.15, 0.2) is 0 Å². The molecule has 0 atom stereocenters. The standard InChI is InChI=1S/C15H28N4O/c1-13-2-4-19(5-3-13)15(20)12-17-6-8-18(9-7-17)14-10-16-11-14/h13-14,16H,2-12H2,1H3. The zero-order chi connectivity index (χ0) is 13.9. The zero-order valence-corrected chi connectivity index (χ0v) is 12.7. The van der Waals surface area contributed by atoms with E-state index in [0.29, 0.717) is 12.5 Å². The summed E-state index contributed by atoms with van der Waals surface area (Å²) in [5.41, 5.74) is 0. The van der Waals surface area contributed by atoms with Crippen LogP contribution in [-0.2, 0) is 4.79 Å². The van der Waals surface area contributed by atoms with E-state index < -0.39 is 0 Å². The van der Waals surface area contributed by atoms with Crippen LogP contribution in [0.3, 0.4) is 0 Å². The first kappa shape index (κ1) is 14.3. The summed E-state index contributed by atoms with van der Waals surface area (Å²) in [6, 6.07) is 0.747. The molecule has 0 aromatic rings. The lowest BCUT2D eigenvalue weighted by Gasteiger charge is -2.43. The molecule has 3 heterocycles. The molecule has 5 heteroatoms. The Labute approximate surface area is 122 Å². The van der Waals surface area contributed by atoms with E-state index in [0.717, 1.165) is 64.3 Å². The third-order valence-corrected chi connectivity index (χ3v) is 5.18. The van der Waals surface area contributed by atoms with Gasteiger partial charge in [0.25, 0.3) is 0 Å². The molecule has 3 saturated heterocycles. The lowest BCUT2D eigenvalue weighted by atomic mass is 9.99. The highest BCUT2D eigenvalue weighted by Crippen LogP contribution is 2.16. The fourth-order valence-electron chi connectivity index (χ4n) is 3.37. The number of carbonyl (C=O) groups is 1. The first-order chi connectivity index (χ1) is 9.72. The van der Waals surface area contributed by atoms with Gasteiger partial charge in [0.15, 0.2) is 0 Å². The van der Waals surface area contributed by atoms with Crippen LogP contribution < -0.4 is 5.32 Å². The van der Waals surface area contributed by atoms with Gasteiger partial charge in [-0.15, -0.1) is 0 Å². The highest BCUT2D eigenvalue weighted by molar-refractivity contribution is 5.78. The SMILES string of the molecule is CC1CCN(C(=O)CN2CCN(C3CNC3)CC2)CC1. The summed E-state index contributed by atoms with van der Waals surface area (Å²) < 4.78 is 0. The van der Waals surface area contributed by atoms with Crippen molar-refractivity contribution in [1.82, 2.24) is 20.0 Å². The smallest absolute Gasteiger partial charge is 0.236 e. The van der Waals surface area contributed by atoms with Gasteiger partial charge < -0.3 is 10.2 Å². The molecule has 0 unspecified atom stereocenters. The summed E-state index contributed by atoms with van der Waals surface area (Å²) in [5.74, 6) is 1.13. The molecule has 0 radical (unpaired) electrons. The highest BCUT2D eigenvalue weighted by atomic mass is 16.2. The largest absolute Gasteiger partial charge is 0.342 e. The molecule has 0 aromatic carbocycles. The van der Waals surface area contributed by atoms with E-state index >= 15 is 0 Å². The summed E-state index contributed by atoms with van der Waals surface area (Å²) >= 11 is 0.